The minimum absolute atomic E-state index is 0.337. The molecule has 134 valence electrons. The van der Waals surface area contributed by atoms with Crippen LogP contribution in [-0.2, 0) is 11.3 Å². The molecule has 0 saturated heterocycles. The minimum atomic E-state index is -1.08. The molecule has 5 nitrogen and oxygen atoms in total. The van der Waals surface area contributed by atoms with Crippen LogP contribution >= 0.6 is 11.3 Å². The van der Waals surface area contributed by atoms with E-state index in [2.05, 4.69) is 4.98 Å². The number of hydrogen-bond donors (Lipinski definition) is 1. The van der Waals surface area contributed by atoms with Gasteiger partial charge in [-0.2, -0.15) is 0 Å². The van der Waals surface area contributed by atoms with Crippen LogP contribution in [0.1, 0.15) is 5.56 Å². The lowest BCUT2D eigenvalue weighted by Gasteiger charge is -2.10. The Morgan fingerprint density at radius 1 is 1.07 bits per heavy atom. The normalized spacial score (nSPS) is 11.0. The summed E-state index contributed by atoms with van der Waals surface area (Å²) in [5, 5.41) is 9.72. The second kappa shape index (κ2) is 6.81. The second-order valence-electron chi connectivity index (χ2n) is 6.28. The molecule has 27 heavy (non-hydrogen) atoms. The summed E-state index contributed by atoms with van der Waals surface area (Å²) in [6, 6.07) is 19.1. The van der Waals surface area contributed by atoms with Crippen molar-refractivity contribution in [3.63, 3.8) is 0 Å². The predicted octanol–water partition coefficient (Wildman–Crippen LogP) is 4.19. The van der Waals surface area contributed by atoms with Gasteiger partial charge in [0.15, 0.2) is 0 Å². The number of thiophene rings is 1. The van der Waals surface area contributed by atoms with Crippen LogP contribution in [0.3, 0.4) is 0 Å². The molecule has 2 aromatic heterocycles. The fourth-order valence-corrected chi connectivity index (χ4v) is 3.99. The van der Waals surface area contributed by atoms with Gasteiger partial charge in [0, 0.05) is 10.4 Å². The molecule has 0 fully saturated rings. The van der Waals surface area contributed by atoms with Crippen LogP contribution in [0.2, 0.25) is 0 Å². The van der Waals surface area contributed by atoms with Crippen LogP contribution in [0.4, 0.5) is 0 Å². The Bertz CT molecular complexity index is 1190. The fourth-order valence-electron chi connectivity index (χ4n) is 2.97. The molecular formula is C21H16N2O3S. The number of rotatable bonds is 4. The van der Waals surface area contributed by atoms with E-state index >= 15 is 0 Å². The Balaban J connectivity index is 1.97. The van der Waals surface area contributed by atoms with Crippen molar-refractivity contribution in [1.82, 2.24) is 9.55 Å². The number of fused-ring (bicyclic) bond motifs is 1. The molecule has 4 aromatic rings. The molecule has 2 heterocycles. The van der Waals surface area contributed by atoms with Gasteiger partial charge in [0.1, 0.15) is 17.2 Å². The van der Waals surface area contributed by atoms with Crippen LogP contribution < -0.4 is 5.56 Å². The van der Waals surface area contributed by atoms with Crippen molar-refractivity contribution in [3.05, 3.63) is 76.6 Å². The standard InChI is InChI=1S/C21H16N2O3S/c1-13-7-9-15(10-8-13)19-22-20-16(21(26)23(19)12-18(24)25)11-17(27-20)14-5-3-2-4-6-14/h2-11H,12H2,1H3,(H,24,25). The van der Waals surface area contributed by atoms with Gasteiger partial charge in [-0.15, -0.1) is 11.3 Å². The summed E-state index contributed by atoms with van der Waals surface area (Å²) < 4.78 is 1.23. The smallest absolute Gasteiger partial charge is 0.323 e. The lowest BCUT2D eigenvalue weighted by Crippen LogP contribution is -2.26. The quantitative estimate of drug-likeness (QED) is 0.580. The van der Waals surface area contributed by atoms with Crippen molar-refractivity contribution in [2.75, 3.05) is 0 Å². The minimum Gasteiger partial charge on any atom is -0.480 e. The van der Waals surface area contributed by atoms with Crippen molar-refractivity contribution in [3.8, 4) is 21.8 Å². The van der Waals surface area contributed by atoms with E-state index in [4.69, 9.17) is 0 Å². The maximum absolute atomic E-state index is 13.0. The zero-order valence-electron chi connectivity index (χ0n) is 14.5. The highest BCUT2D eigenvalue weighted by Crippen LogP contribution is 2.32. The Hall–Kier alpha value is -3.25. The maximum atomic E-state index is 13.0. The molecule has 0 atom stereocenters. The molecule has 0 spiro atoms. The first kappa shape index (κ1) is 17.2. The summed E-state index contributed by atoms with van der Waals surface area (Å²) >= 11 is 1.43. The average molecular weight is 376 g/mol. The summed E-state index contributed by atoms with van der Waals surface area (Å²) in [6.45, 7) is 1.54. The first-order valence-corrected chi connectivity index (χ1v) is 9.23. The van der Waals surface area contributed by atoms with Crippen LogP contribution in [0.15, 0.2) is 65.5 Å². The van der Waals surface area contributed by atoms with E-state index in [1.54, 1.807) is 6.07 Å². The van der Waals surface area contributed by atoms with Gasteiger partial charge in [-0.3, -0.25) is 14.2 Å². The third kappa shape index (κ3) is 3.27. The highest BCUT2D eigenvalue weighted by Gasteiger charge is 2.17. The van der Waals surface area contributed by atoms with Crippen LogP contribution in [0.5, 0.6) is 0 Å². The first-order valence-electron chi connectivity index (χ1n) is 8.41. The number of carboxylic acid groups (broad SMARTS) is 1. The SMILES string of the molecule is Cc1ccc(-c2nc3sc(-c4ccccc4)cc3c(=O)n2CC(=O)O)cc1. The number of aromatic nitrogens is 2. The van der Waals surface area contributed by atoms with Crippen molar-refractivity contribution in [2.24, 2.45) is 0 Å². The summed E-state index contributed by atoms with van der Waals surface area (Å²) in [5.41, 5.74) is 2.46. The van der Waals surface area contributed by atoms with Crippen molar-refractivity contribution >= 4 is 27.5 Å². The van der Waals surface area contributed by atoms with Gasteiger partial charge in [-0.1, -0.05) is 60.2 Å². The lowest BCUT2D eigenvalue weighted by molar-refractivity contribution is -0.137. The Morgan fingerprint density at radius 2 is 1.78 bits per heavy atom. The number of carboxylic acids is 1. The van der Waals surface area contributed by atoms with Crippen LogP contribution in [-0.4, -0.2) is 20.6 Å². The summed E-state index contributed by atoms with van der Waals surface area (Å²) in [4.78, 5) is 30.6. The molecule has 4 rings (SSSR count). The van der Waals surface area contributed by atoms with Crippen molar-refractivity contribution < 1.29 is 9.90 Å². The van der Waals surface area contributed by atoms with Crippen LogP contribution in [0, 0.1) is 6.92 Å². The zero-order chi connectivity index (χ0) is 19.0. The molecular weight excluding hydrogens is 360 g/mol. The molecule has 0 unspecified atom stereocenters. The Morgan fingerprint density at radius 3 is 2.44 bits per heavy atom. The van der Waals surface area contributed by atoms with Gasteiger partial charge in [-0.05, 0) is 18.6 Å². The molecule has 0 saturated carbocycles. The van der Waals surface area contributed by atoms with E-state index in [0.717, 1.165) is 21.6 Å². The molecule has 1 N–H and O–H groups in total. The number of nitrogens with zero attached hydrogens (tertiary/aromatic N) is 2. The number of benzene rings is 2. The maximum Gasteiger partial charge on any atom is 0.323 e. The number of hydrogen-bond acceptors (Lipinski definition) is 4. The third-order valence-electron chi connectivity index (χ3n) is 4.31. The van der Waals surface area contributed by atoms with Gasteiger partial charge >= 0.3 is 5.97 Å². The van der Waals surface area contributed by atoms with Crippen molar-refractivity contribution in [1.29, 1.82) is 0 Å². The predicted molar refractivity (Wildman–Crippen MR) is 107 cm³/mol. The summed E-state index contributed by atoms with van der Waals surface area (Å²) in [6.07, 6.45) is 0. The van der Waals surface area contributed by atoms with E-state index in [1.807, 2.05) is 61.5 Å². The molecule has 0 amide bonds. The zero-order valence-corrected chi connectivity index (χ0v) is 15.4. The van der Waals surface area contributed by atoms with E-state index in [9.17, 15) is 14.7 Å². The number of aliphatic carboxylic acids is 1. The molecule has 0 radical (unpaired) electrons. The van der Waals surface area contributed by atoms with E-state index in [-0.39, 0.29) is 5.56 Å². The lowest BCUT2D eigenvalue weighted by atomic mass is 10.1. The topological polar surface area (TPSA) is 72.2 Å². The average Bonchev–Trinajstić information content (AvgIpc) is 3.10. The second-order valence-corrected chi connectivity index (χ2v) is 7.31. The molecule has 0 aliphatic heterocycles. The van der Waals surface area contributed by atoms with Crippen molar-refractivity contribution in [2.45, 2.75) is 13.5 Å². The highest BCUT2D eigenvalue weighted by molar-refractivity contribution is 7.21. The van der Waals surface area contributed by atoms with Gasteiger partial charge in [-0.25, -0.2) is 4.98 Å². The summed E-state index contributed by atoms with van der Waals surface area (Å²) in [7, 11) is 0. The van der Waals surface area contributed by atoms with Gasteiger partial charge in [0.05, 0.1) is 5.39 Å². The first-order chi connectivity index (χ1) is 13.0. The van der Waals surface area contributed by atoms with Gasteiger partial charge in [0.2, 0.25) is 0 Å². The third-order valence-corrected chi connectivity index (χ3v) is 5.39. The molecule has 0 aliphatic rings. The van der Waals surface area contributed by atoms with Gasteiger partial charge in [0.25, 0.3) is 5.56 Å². The largest absolute Gasteiger partial charge is 0.480 e. The molecule has 0 bridgehead atoms. The monoisotopic (exact) mass is 376 g/mol. The Kier molecular flexibility index (Phi) is 4.33. The summed E-state index contributed by atoms with van der Waals surface area (Å²) in [5.74, 6) is -0.707. The Labute approximate surface area is 159 Å². The highest BCUT2D eigenvalue weighted by atomic mass is 32.1. The number of carbonyl (C=O) groups is 1. The molecule has 6 heteroatoms. The van der Waals surface area contributed by atoms with Crippen LogP contribution in [0.25, 0.3) is 32.0 Å². The van der Waals surface area contributed by atoms with E-state index < -0.39 is 12.5 Å². The van der Waals surface area contributed by atoms with E-state index in [1.165, 1.54) is 15.9 Å². The van der Waals surface area contributed by atoms with Gasteiger partial charge < -0.3 is 5.11 Å². The molecule has 0 aliphatic carbocycles. The fraction of sp³-hybridized carbons (Fsp3) is 0.0952. The number of aryl methyl sites for hydroxylation is 1. The van der Waals surface area contributed by atoms with E-state index in [0.29, 0.717) is 16.0 Å². The molecule has 2 aromatic carbocycles.